The molecule has 9 heteroatoms. The molecule has 4 N–H and O–H groups in total. The molecule has 0 radical (unpaired) electrons. The van der Waals surface area contributed by atoms with E-state index in [9.17, 15) is 19.8 Å². The highest BCUT2D eigenvalue weighted by atomic mass is 16.5. The molecular formula is C27H34N2O7+2. The van der Waals surface area contributed by atoms with E-state index in [2.05, 4.69) is 0 Å². The largest absolute Gasteiger partial charge is 0.507 e. The van der Waals surface area contributed by atoms with Crippen molar-refractivity contribution in [2.45, 2.75) is 26.8 Å². The third kappa shape index (κ3) is 5.70. The number of nitrogens with one attached hydrogen (secondary N) is 2. The molecule has 3 aromatic rings. The number of phenolic OH excluding ortho intramolecular Hbond substituents is 1. The Balaban J connectivity index is 1.56. The minimum absolute atomic E-state index is 0.0639. The summed E-state index contributed by atoms with van der Waals surface area (Å²) in [5, 5.41) is 20.1. The van der Waals surface area contributed by atoms with Crippen molar-refractivity contribution in [3.05, 3.63) is 63.5 Å². The van der Waals surface area contributed by atoms with Crippen LogP contribution in [0.25, 0.3) is 11.0 Å². The van der Waals surface area contributed by atoms with Crippen molar-refractivity contribution in [1.29, 1.82) is 0 Å². The normalized spacial score (nSPS) is 17.8. The standard InChI is InChI=1S/C27H32N2O7/c1-3-16-34-27(33)19-4-6-20(7-5-19)36-25-18(2)35-26-21(24(25)32)8-9-23(31)22(26)17-29-12-10-28(11-13-29)14-15-30/h4-9,30-31H,3,10-17H2,1-2H3/p+2. The second-order valence-corrected chi connectivity index (χ2v) is 9.17. The number of carbonyl (C=O) groups excluding carboxylic acids is 1. The average molecular weight is 499 g/mol. The highest BCUT2D eigenvalue weighted by molar-refractivity contribution is 5.89. The summed E-state index contributed by atoms with van der Waals surface area (Å²) in [5.41, 5.74) is 1.06. The Bertz CT molecular complexity index is 1260. The number of piperazine rings is 1. The van der Waals surface area contributed by atoms with E-state index in [1.165, 1.54) is 15.9 Å². The van der Waals surface area contributed by atoms with Gasteiger partial charge in [-0.1, -0.05) is 6.92 Å². The summed E-state index contributed by atoms with van der Waals surface area (Å²) in [5.74, 6) is 0.452. The molecule has 2 heterocycles. The van der Waals surface area contributed by atoms with E-state index in [0.717, 1.165) is 39.1 Å². The van der Waals surface area contributed by atoms with Crippen LogP contribution in [0.4, 0.5) is 0 Å². The lowest BCUT2D eigenvalue weighted by molar-refractivity contribution is -1.02. The highest BCUT2D eigenvalue weighted by Crippen LogP contribution is 2.30. The van der Waals surface area contributed by atoms with Crippen LogP contribution < -0.4 is 20.0 Å². The van der Waals surface area contributed by atoms with E-state index in [1.807, 2.05) is 6.92 Å². The van der Waals surface area contributed by atoms with Crippen LogP contribution in [0.2, 0.25) is 0 Å². The summed E-state index contributed by atoms with van der Waals surface area (Å²) >= 11 is 0. The van der Waals surface area contributed by atoms with Gasteiger partial charge in [-0.2, -0.15) is 0 Å². The summed E-state index contributed by atoms with van der Waals surface area (Å²) in [7, 11) is 0. The van der Waals surface area contributed by atoms with E-state index in [-0.39, 0.29) is 23.5 Å². The molecule has 0 amide bonds. The maximum Gasteiger partial charge on any atom is 0.338 e. The molecule has 9 nitrogen and oxygen atoms in total. The molecule has 4 rings (SSSR count). The van der Waals surface area contributed by atoms with Crippen molar-refractivity contribution in [3.63, 3.8) is 0 Å². The summed E-state index contributed by atoms with van der Waals surface area (Å²) < 4.78 is 17.1. The number of hydrogen-bond donors (Lipinski definition) is 4. The van der Waals surface area contributed by atoms with Crippen molar-refractivity contribution in [1.82, 2.24) is 0 Å². The van der Waals surface area contributed by atoms with Crippen molar-refractivity contribution in [2.24, 2.45) is 0 Å². The zero-order valence-corrected chi connectivity index (χ0v) is 20.8. The molecule has 0 unspecified atom stereocenters. The molecule has 1 fully saturated rings. The van der Waals surface area contributed by atoms with Crippen LogP contribution >= 0.6 is 0 Å². The zero-order chi connectivity index (χ0) is 25.7. The number of phenols is 1. The van der Waals surface area contributed by atoms with E-state index < -0.39 is 5.97 Å². The molecule has 1 aromatic heterocycles. The molecule has 0 atom stereocenters. The SMILES string of the molecule is CCCOC(=O)c1ccc(Oc2c(C)oc3c(C[NH+]4CC[NH+](CCO)CC4)c(O)ccc3c2=O)cc1. The number of aromatic hydroxyl groups is 1. The number of aliphatic hydroxyl groups is 1. The van der Waals surface area contributed by atoms with Gasteiger partial charge in [-0.3, -0.25) is 4.79 Å². The van der Waals surface area contributed by atoms with Gasteiger partial charge in [-0.25, -0.2) is 4.79 Å². The van der Waals surface area contributed by atoms with Crippen molar-refractivity contribution in [2.75, 3.05) is 45.9 Å². The minimum Gasteiger partial charge on any atom is -0.507 e. The van der Waals surface area contributed by atoms with Gasteiger partial charge in [0.15, 0.2) is 5.58 Å². The van der Waals surface area contributed by atoms with Crippen molar-refractivity contribution >= 4 is 16.9 Å². The number of fused-ring (bicyclic) bond motifs is 1. The predicted octanol–water partition coefficient (Wildman–Crippen LogP) is 0.442. The number of quaternary nitrogens is 2. The van der Waals surface area contributed by atoms with Crippen LogP contribution in [0.5, 0.6) is 17.2 Å². The van der Waals surface area contributed by atoms with E-state index in [1.54, 1.807) is 37.3 Å². The summed E-state index contributed by atoms with van der Waals surface area (Å²) in [6.07, 6.45) is 0.743. The summed E-state index contributed by atoms with van der Waals surface area (Å²) in [6.45, 7) is 9.08. The highest BCUT2D eigenvalue weighted by Gasteiger charge is 2.26. The van der Waals surface area contributed by atoms with Crippen molar-refractivity contribution < 1.29 is 38.7 Å². The Kier molecular flexibility index (Phi) is 8.25. The Morgan fingerprint density at radius 3 is 2.42 bits per heavy atom. The predicted molar refractivity (Wildman–Crippen MR) is 133 cm³/mol. The molecular weight excluding hydrogens is 464 g/mol. The van der Waals surface area contributed by atoms with Crippen LogP contribution in [-0.2, 0) is 11.3 Å². The Hall–Kier alpha value is -3.40. The van der Waals surface area contributed by atoms with Gasteiger partial charge in [-0.15, -0.1) is 0 Å². The number of ether oxygens (including phenoxy) is 2. The number of benzene rings is 2. The number of aryl methyl sites for hydroxylation is 1. The molecule has 1 aliphatic rings. The Labute approximate surface area is 209 Å². The van der Waals surface area contributed by atoms with Crippen LogP contribution in [0.15, 0.2) is 45.6 Å². The van der Waals surface area contributed by atoms with E-state index in [4.69, 9.17) is 13.9 Å². The van der Waals surface area contributed by atoms with Gasteiger partial charge in [0.25, 0.3) is 0 Å². The molecule has 1 saturated heterocycles. The lowest BCUT2D eigenvalue weighted by Crippen LogP contribution is -3.27. The lowest BCUT2D eigenvalue weighted by Gasteiger charge is -2.29. The first-order chi connectivity index (χ1) is 17.4. The number of hydrogen-bond acceptors (Lipinski definition) is 7. The topological polar surface area (TPSA) is 115 Å². The lowest BCUT2D eigenvalue weighted by atomic mass is 10.1. The molecule has 192 valence electrons. The smallest absolute Gasteiger partial charge is 0.338 e. The zero-order valence-electron chi connectivity index (χ0n) is 20.8. The van der Waals surface area contributed by atoms with Crippen LogP contribution in [0.3, 0.4) is 0 Å². The molecule has 0 saturated carbocycles. The quantitative estimate of drug-likeness (QED) is 0.317. The minimum atomic E-state index is -0.407. The van der Waals surface area contributed by atoms with Gasteiger partial charge in [0, 0.05) is 0 Å². The molecule has 0 spiro atoms. The summed E-state index contributed by atoms with van der Waals surface area (Å²) in [4.78, 5) is 28.0. The first kappa shape index (κ1) is 25.7. The average Bonchev–Trinajstić information content (AvgIpc) is 2.88. The summed E-state index contributed by atoms with van der Waals surface area (Å²) in [6, 6.07) is 9.47. The molecule has 0 aliphatic carbocycles. The van der Waals surface area contributed by atoms with E-state index >= 15 is 0 Å². The van der Waals surface area contributed by atoms with Gasteiger partial charge in [0.2, 0.25) is 11.2 Å². The maximum atomic E-state index is 13.3. The molecule has 1 aliphatic heterocycles. The van der Waals surface area contributed by atoms with Gasteiger partial charge in [0.05, 0.1) is 29.7 Å². The van der Waals surface area contributed by atoms with Crippen LogP contribution in [0.1, 0.15) is 35.0 Å². The van der Waals surface area contributed by atoms with Crippen LogP contribution in [0, 0.1) is 6.92 Å². The second-order valence-electron chi connectivity index (χ2n) is 9.17. The van der Waals surface area contributed by atoms with Crippen LogP contribution in [-0.4, -0.2) is 62.1 Å². The number of aliphatic hydroxyl groups excluding tert-OH is 1. The Morgan fingerprint density at radius 1 is 1.06 bits per heavy atom. The molecule has 0 bridgehead atoms. The fraction of sp³-hybridized carbons (Fsp3) is 0.407. The number of carbonyl (C=O) groups is 1. The first-order valence-corrected chi connectivity index (χ1v) is 12.4. The number of esters is 1. The third-order valence-electron chi connectivity index (χ3n) is 6.57. The maximum absolute atomic E-state index is 13.3. The van der Waals surface area contributed by atoms with Gasteiger partial charge >= 0.3 is 5.97 Å². The van der Waals surface area contributed by atoms with E-state index in [0.29, 0.717) is 46.8 Å². The van der Waals surface area contributed by atoms with Gasteiger partial charge in [-0.05, 0) is 49.7 Å². The fourth-order valence-electron chi connectivity index (χ4n) is 4.53. The molecule has 36 heavy (non-hydrogen) atoms. The first-order valence-electron chi connectivity index (χ1n) is 12.4. The fourth-order valence-corrected chi connectivity index (χ4v) is 4.53. The molecule has 2 aromatic carbocycles. The Morgan fingerprint density at radius 2 is 1.75 bits per heavy atom. The number of rotatable bonds is 9. The van der Waals surface area contributed by atoms with Gasteiger partial charge in [0.1, 0.15) is 56.5 Å². The van der Waals surface area contributed by atoms with Gasteiger partial charge < -0.3 is 33.9 Å². The monoisotopic (exact) mass is 498 g/mol. The second kappa shape index (κ2) is 11.6. The third-order valence-corrected chi connectivity index (χ3v) is 6.57. The van der Waals surface area contributed by atoms with Crippen molar-refractivity contribution in [3.8, 4) is 17.2 Å².